The number of amides is 1. The first-order valence-corrected chi connectivity index (χ1v) is 10.8. The molecule has 4 rings (SSSR count). The molecule has 0 saturated heterocycles. The summed E-state index contributed by atoms with van der Waals surface area (Å²) >= 11 is 7.03. The second-order valence-corrected chi connectivity index (χ2v) is 8.29. The summed E-state index contributed by atoms with van der Waals surface area (Å²) in [5.74, 6) is -0.307. The molecular weight excluding hydrogens is 475 g/mol. The number of hydrogen-bond acceptors (Lipinski definition) is 5. The van der Waals surface area contributed by atoms with Crippen molar-refractivity contribution in [1.82, 2.24) is 10.2 Å². The molecule has 0 aliphatic carbocycles. The van der Waals surface area contributed by atoms with Crippen LogP contribution in [0.2, 0.25) is 5.02 Å². The minimum absolute atomic E-state index is 0.0164. The first kappa shape index (κ1) is 22.9. The highest BCUT2D eigenvalue weighted by Gasteiger charge is 2.32. The van der Waals surface area contributed by atoms with Gasteiger partial charge in [0.15, 0.2) is 0 Å². The number of benzene rings is 3. The molecule has 33 heavy (non-hydrogen) atoms. The highest BCUT2D eigenvalue weighted by Crippen LogP contribution is 2.38. The van der Waals surface area contributed by atoms with Crippen molar-refractivity contribution in [1.29, 1.82) is 0 Å². The van der Waals surface area contributed by atoms with E-state index in [9.17, 15) is 18.0 Å². The summed E-state index contributed by atoms with van der Waals surface area (Å²) in [6.07, 6.45) is -4.57. The Morgan fingerprint density at radius 3 is 2.30 bits per heavy atom. The highest BCUT2D eigenvalue weighted by atomic mass is 35.5. The quantitative estimate of drug-likeness (QED) is 0.299. The lowest BCUT2D eigenvalue weighted by molar-refractivity contribution is -0.137. The number of halogens is 4. The number of nitrogens with one attached hydrogen (secondary N) is 1. The van der Waals surface area contributed by atoms with Gasteiger partial charge in [0.05, 0.1) is 16.3 Å². The van der Waals surface area contributed by atoms with E-state index >= 15 is 0 Å². The van der Waals surface area contributed by atoms with Crippen molar-refractivity contribution < 1.29 is 22.4 Å². The van der Waals surface area contributed by atoms with Gasteiger partial charge in [-0.2, -0.15) is 13.2 Å². The molecule has 0 bridgehead atoms. The zero-order valence-electron chi connectivity index (χ0n) is 16.7. The maximum atomic E-state index is 13.1. The fourth-order valence-corrected chi connectivity index (χ4v) is 3.99. The van der Waals surface area contributed by atoms with Crippen LogP contribution >= 0.6 is 23.4 Å². The Kier molecular flexibility index (Phi) is 6.71. The number of aromatic nitrogens is 2. The zero-order valence-corrected chi connectivity index (χ0v) is 18.3. The number of carbonyl (C=O) groups is 1. The third-order valence-electron chi connectivity index (χ3n) is 4.54. The lowest BCUT2D eigenvalue weighted by Crippen LogP contribution is -2.20. The van der Waals surface area contributed by atoms with Crippen LogP contribution in [-0.4, -0.2) is 16.1 Å². The summed E-state index contributed by atoms with van der Waals surface area (Å²) in [7, 11) is 0. The van der Waals surface area contributed by atoms with E-state index < -0.39 is 22.9 Å². The molecule has 10 heteroatoms. The molecule has 1 amide bonds. The van der Waals surface area contributed by atoms with Gasteiger partial charge in [0, 0.05) is 5.56 Å². The minimum atomic E-state index is -4.57. The van der Waals surface area contributed by atoms with E-state index in [4.69, 9.17) is 16.0 Å². The molecule has 4 aromatic rings. The van der Waals surface area contributed by atoms with Crippen molar-refractivity contribution >= 4 is 35.0 Å². The SMILES string of the molecule is O=C(Nc1cc(C(F)(F)F)ccc1Cl)C(Sc1nnc(-c2ccccc2)o1)c1ccccc1. The van der Waals surface area contributed by atoms with Gasteiger partial charge in [-0.1, -0.05) is 60.1 Å². The molecule has 5 nitrogen and oxygen atoms in total. The predicted octanol–water partition coefficient (Wildman–Crippen LogP) is 6.88. The summed E-state index contributed by atoms with van der Waals surface area (Å²) in [6.45, 7) is 0. The average Bonchev–Trinajstić information content (AvgIpc) is 3.28. The van der Waals surface area contributed by atoms with E-state index in [2.05, 4.69) is 15.5 Å². The van der Waals surface area contributed by atoms with Crippen LogP contribution in [0, 0.1) is 0 Å². The van der Waals surface area contributed by atoms with E-state index in [1.807, 2.05) is 18.2 Å². The molecule has 0 aliphatic heterocycles. The summed E-state index contributed by atoms with van der Waals surface area (Å²) in [5.41, 5.74) is 0.250. The molecule has 1 atom stereocenters. The zero-order chi connectivity index (χ0) is 23.4. The van der Waals surface area contributed by atoms with Crippen molar-refractivity contribution in [3.8, 4) is 11.5 Å². The van der Waals surface area contributed by atoms with Gasteiger partial charge < -0.3 is 9.73 Å². The van der Waals surface area contributed by atoms with Crippen molar-refractivity contribution in [2.24, 2.45) is 0 Å². The van der Waals surface area contributed by atoms with Gasteiger partial charge in [0.25, 0.3) is 5.22 Å². The average molecular weight is 490 g/mol. The summed E-state index contributed by atoms with van der Waals surface area (Å²) in [5, 5.41) is 9.74. The molecule has 0 fully saturated rings. The van der Waals surface area contributed by atoms with Crippen LogP contribution in [-0.2, 0) is 11.0 Å². The van der Waals surface area contributed by atoms with Gasteiger partial charge in [0.1, 0.15) is 5.25 Å². The van der Waals surface area contributed by atoms with Crippen LogP contribution < -0.4 is 5.32 Å². The van der Waals surface area contributed by atoms with Crippen LogP contribution in [0.4, 0.5) is 18.9 Å². The van der Waals surface area contributed by atoms with Gasteiger partial charge in [-0.25, -0.2) is 0 Å². The van der Waals surface area contributed by atoms with Gasteiger partial charge in [0.2, 0.25) is 11.8 Å². The first-order valence-electron chi connectivity index (χ1n) is 9.59. The molecule has 0 saturated carbocycles. The summed E-state index contributed by atoms with van der Waals surface area (Å²) < 4.78 is 45.0. The Bertz CT molecular complexity index is 1250. The van der Waals surface area contributed by atoms with E-state index in [0.717, 1.165) is 30.0 Å². The van der Waals surface area contributed by atoms with Crippen molar-refractivity contribution in [2.45, 2.75) is 16.6 Å². The van der Waals surface area contributed by atoms with Crippen molar-refractivity contribution in [3.63, 3.8) is 0 Å². The number of anilines is 1. The molecule has 1 heterocycles. The second kappa shape index (κ2) is 9.68. The first-order chi connectivity index (χ1) is 15.8. The Hall–Kier alpha value is -3.30. The molecule has 0 aliphatic rings. The Balaban J connectivity index is 1.61. The lowest BCUT2D eigenvalue weighted by Gasteiger charge is -2.17. The van der Waals surface area contributed by atoms with E-state index in [1.165, 1.54) is 0 Å². The van der Waals surface area contributed by atoms with Gasteiger partial charge >= 0.3 is 6.18 Å². The van der Waals surface area contributed by atoms with Gasteiger partial charge in [-0.15, -0.1) is 10.2 Å². The standard InChI is InChI=1S/C23H15ClF3N3O2S/c24-17-12-11-16(23(25,26)27)13-18(17)28-20(31)19(14-7-3-1-4-8-14)33-22-30-29-21(32-22)15-9-5-2-6-10-15/h1-13,19H,(H,28,31). The highest BCUT2D eigenvalue weighted by molar-refractivity contribution is 8.00. The Labute approximate surface area is 196 Å². The maximum absolute atomic E-state index is 13.1. The van der Waals surface area contributed by atoms with Gasteiger partial charge in [-0.3, -0.25) is 4.79 Å². The largest absolute Gasteiger partial charge is 0.416 e. The topological polar surface area (TPSA) is 68.0 Å². The number of nitrogens with zero attached hydrogens (tertiary/aromatic N) is 2. The Morgan fingerprint density at radius 1 is 0.970 bits per heavy atom. The van der Waals surface area contributed by atoms with Gasteiger partial charge in [-0.05, 0) is 47.7 Å². The van der Waals surface area contributed by atoms with E-state index in [0.29, 0.717) is 11.1 Å². The molecular formula is C23H15ClF3N3O2S. The number of carbonyl (C=O) groups excluding carboxylic acids is 1. The summed E-state index contributed by atoms with van der Waals surface area (Å²) in [6, 6.07) is 20.6. The third kappa shape index (κ3) is 5.55. The van der Waals surface area contributed by atoms with Crippen LogP contribution in [0.1, 0.15) is 16.4 Å². The molecule has 1 aromatic heterocycles. The van der Waals surface area contributed by atoms with E-state index in [1.54, 1.807) is 42.5 Å². The monoisotopic (exact) mass is 489 g/mol. The van der Waals surface area contributed by atoms with Crippen LogP contribution in [0.15, 0.2) is 88.5 Å². The molecule has 168 valence electrons. The maximum Gasteiger partial charge on any atom is 0.416 e. The second-order valence-electron chi connectivity index (χ2n) is 6.83. The summed E-state index contributed by atoms with van der Waals surface area (Å²) in [4.78, 5) is 13.1. The van der Waals surface area contributed by atoms with Crippen molar-refractivity contribution in [2.75, 3.05) is 5.32 Å². The molecule has 3 aromatic carbocycles. The lowest BCUT2D eigenvalue weighted by atomic mass is 10.1. The van der Waals surface area contributed by atoms with E-state index in [-0.39, 0.29) is 21.8 Å². The van der Waals surface area contributed by atoms with Crippen LogP contribution in [0.25, 0.3) is 11.5 Å². The number of alkyl halides is 3. The Morgan fingerprint density at radius 2 is 1.64 bits per heavy atom. The third-order valence-corrected chi connectivity index (χ3v) is 5.96. The molecule has 1 unspecified atom stereocenters. The normalized spacial score (nSPS) is 12.4. The van der Waals surface area contributed by atoms with Crippen molar-refractivity contribution in [3.05, 3.63) is 95.0 Å². The number of thioether (sulfide) groups is 1. The fourth-order valence-electron chi connectivity index (χ4n) is 2.95. The minimum Gasteiger partial charge on any atom is -0.411 e. The van der Waals surface area contributed by atoms with Crippen LogP contribution in [0.3, 0.4) is 0 Å². The molecule has 0 spiro atoms. The number of rotatable bonds is 6. The number of hydrogen-bond donors (Lipinski definition) is 1. The molecule has 1 N–H and O–H groups in total. The molecule has 0 radical (unpaired) electrons. The smallest absolute Gasteiger partial charge is 0.411 e. The predicted molar refractivity (Wildman–Crippen MR) is 120 cm³/mol. The van der Waals surface area contributed by atoms with Crippen LogP contribution in [0.5, 0.6) is 0 Å². The fraction of sp³-hybridized carbons (Fsp3) is 0.0870.